The maximum atomic E-state index is 13.5. The molecule has 1 aromatic heterocycles. The highest BCUT2D eigenvalue weighted by atomic mass is 19.2. The van der Waals surface area contributed by atoms with Crippen molar-refractivity contribution in [3.63, 3.8) is 0 Å². The minimum absolute atomic E-state index is 0.0489. The lowest BCUT2D eigenvalue weighted by Gasteiger charge is -2.15. The van der Waals surface area contributed by atoms with Crippen molar-refractivity contribution in [3.05, 3.63) is 112 Å². The van der Waals surface area contributed by atoms with Crippen LogP contribution in [0, 0.1) is 11.6 Å². The molecule has 1 heterocycles. The fourth-order valence-electron chi connectivity index (χ4n) is 3.93. The number of fused-ring (bicyclic) bond motifs is 1. The van der Waals surface area contributed by atoms with E-state index < -0.39 is 17.7 Å². The molecule has 7 heteroatoms. The highest BCUT2D eigenvalue weighted by Crippen LogP contribution is 2.16. The maximum Gasteiger partial charge on any atom is 0.272 e. The summed E-state index contributed by atoms with van der Waals surface area (Å²) in [5.41, 5.74) is 3.14. The van der Waals surface area contributed by atoms with Gasteiger partial charge in [0.05, 0.1) is 17.1 Å². The monoisotopic (exact) mass is 461 g/mol. The molecule has 4 rings (SSSR count). The Morgan fingerprint density at radius 3 is 2.47 bits per heavy atom. The lowest BCUT2D eigenvalue weighted by molar-refractivity contribution is -0.121. The smallest absolute Gasteiger partial charge is 0.272 e. The molecule has 0 saturated heterocycles. The number of hydrogen-bond donors (Lipinski definition) is 1. The first-order chi connectivity index (χ1) is 16.4. The first-order valence-electron chi connectivity index (χ1n) is 11.2. The van der Waals surface area contributed by atoms with Gasteiger partial charge in [0.15, 0.2) is 11.6 Å². The Hall–Kier alpha value is -3.87. The molecule has 1 amide bonds. The Bertz CT molecular complexity index is 1370. The second-order valence-corrected chi connectivity index (χ2v) is 8.20. The van der Waals surface area contributed by atoms with Crippen molar-refractivity contribution in [2.24, 2.45) is 0 Å². The first-order valence-corrected chi connectivity index (χ1v) is 11.2. The number of nitrogens with one attached hydrogen (secondary N) is 1. The third-order valence-electron chi connectivity index (χ3n) is 5.80. The standard InChI is InChI=1S/C27H25F2N3O2/c1-18(20-11-12-21(28)22(29)17-20)30-26(33)14-13-24-27(34)32(16-15-19-7-3-2-4-8-19)25-10-6-5-9-23(25)31-24/h2-12,17-18H,13-16H2,1H3,(H,30,33)/t18-/m1/s1. The van der Waals surface area contributed by atoms with Crippen molar-refractivity contribution >= 4 is 16.9 Å². The fourth-order valence-corrected chi connectivity index (χ4v) is 3.93. The van der Waals surface area contributed by atoms with Gasteiger partial charge in [-0.15, -0.1) is 0 Å². The van der Waals surface area contributed by atoms with Crippen LogP contribution in [0.5, 0.6) is 0 Å². The van der Waals surface area contributed by atoms with Crippen molar-refractivity contribution in [3.8, 4) is 0 Å². The number of rotatable bonds is 8. The van der Waals surface area contributed by atoms with E-state index in [4.69, 9.17) is 0 Å². The molecule has 3 aromatic carbocycles. The summed E-state index contributed by atoms with van der Waals surface area (Å²) in [6.07, 6.45) is 0.916. The molecule has 0 aliphatic rings. The van der Waals surface area contributed by atoms with Crippen LogP contribution in [0.4, 0.5) is 8.78 Å². The molecule has 1 atom stereocenters. The zero-order chi connectivity index (χ0) is 24.1. The molecule has 34 heavy (non-hydrogen) atoms. The third-order valence-corrected chi connectivity index (χ3v) is 5.80. The third kappa shape index (κ3) is 5.36. The van der Waals surface area contributed by atoms with Crippen LogP contribution in [0.3, 0.4) is 0 Å². The zero-order valence-electron chi connectivity index (χ0n) is 18.8. The van der Waals surface area contributed by atoms with Crippen LogP contribution in [0.1, 0.15) is 36.2 Å². The molecule has 0 spiro atoms. The summed E-state index contributed by atoms with van der Waals surface area (Å²) < 4.78 is 28.4. The van der Waals surface area contributed by atoms with Crippen molar-refractivity contribution in [2.45, 2.75) is 38.8 Å². The summed E-state index contributed by atoms with van der Waals surface area (Å²) in [6.45, 7) is 2.19. The van der Waals surface area contributed by atoms with Crippen molar-refractivity contribution in [2.75, 3.05) is 0 Å². The zero-order valence-corrected chi connectivity index (χ0v) is 18.8. The molecule has 0 aliphatic heterocycles. The van der Waals surface area contributed by atoms with E-state index in [2.05, 4.69) is 10.3 Å². The summed E-state index contributed by atoms with van der Waals surface area (Å²) in [5.74, 6) is -2.20. The summed E-state index contributed by atoms with van der Waals surface area (Å²) >= 11 is 0. The second-order valence-electron chi connectivity index (χ2n) is 8.20. The number of amides is 1. The average molecular weight is 462 g/mol. The van der Waals surface area contributed by atoms with E-state index in [1.54, 1.807) is 11.5 Å². The molecule has 0 fully saturated rings. The number of benzene rings is 3. The number of para-hydroxylation sites is 2. The first kappa shape index (κ1) is 23.3. The second kappa shape index (κ2) is 10.4. The summed E-state index contributed by atoms with van der Waals surface area (Å²) in [5, 5.41) is 2.77. The van der Waals surface area contributed by atoms with Crippen molar-refractivity contribution < 1.29 is 13.6 Å². The molecular formula is C27H25F2N3O2. The molecule has 5 nitrogen and oxygen atoms in total. The van der Waals surface area contributed by atoms with Gasteiger partial charge in [0.25, 0.3) is 5.56 Å². The van der Waals surface area contributed by atoms with Gasteiger partial charge >= 0.3 is 0 Å². The number of aromatic nitrogens is 2. The SMILES string of the molecule is C[C@@H](NC(=O)CCc1nc2ccccc2n(CCc2ccccc2)c1=O)c1ccc(F)c(F)c1. The minimum atomic E-state index is -0.963. The van der Waals surface area contributed by atoms with Gasteiger partial charge in [0.1, 0.15) is 5.69 Å². The van der Waals surface area contributed by atoms with Crippen LogP contribution in [0.2, 0.25) is 0 Å². The highest BCUT2D eigenvalue weighted by Gasteiger charge is 2.15. The van der Waals surface area contributed by atoms with Crippen LogP contribution < -0.4 is 10.9 Å². The van der Waals surface area contributed by atoms with Crippen molar-refractivity contribution in [1.82, 2.24) is 14.9 Å². The molecule has 0 unspecified atom stereocenters. The fraction of sp³-hybridized carbons (Fsp3) is 0.222. The number of hydrogen-bond acceptors (Lipinski definition) is 3. The quantitative estimate of drug-likeness (QED) is 0.413. The average Bonchev–Trinajstić information content (AvgIpc) is 2.84. The normalized spacial score (nSPS) is 12.0. The Morgan fingerprint density at radius 2 is 1.71 bits per heavy atom. The largest absolute Gasteiger partial charge is 0.350 e. The summed E-state index contributed by atoms with van der Waals surface area (Å²) in [7, 11) is 0. The molecule has 0 bridgehead atoms. The number of halogens is 2. The topological polar surface area (TPSA) is 64.0 Å². The Kier molecular flexibility index (Phi) is 7.11. The molecule has 1 N–H and O–H groups in total. The van der Waals surface area contributed by atoms with Gasteiger partial charge < -0.3 is 9.88 Å². The molecule has 0 radical (unpaired) electrons. The van der Waals surface area contributed by atoms with Crippen LogP contribution in [-0.4, -0.2) is 15.5 Å². The molecule has 174 valence electrons. The molecule has 0 aliphatic carbocycles. The van der Waals surface area contributed by atoms with Gasteiger partial charge in [-0.05, 0) is 48.7 Å². The Morgan fingerprint density at radius 1 is 0.971 bits per heavy atom. The van der Waals surface area contributed by atoms with Crippen LogP contribution in [0.25, 0.3) is 11.0 Å². The maximum absolute atomic E-state index is 13.5. The Balaban J connectivity index is 1.49. The summed E-state index contributed by atoms with van der Waals surface area (Å²) in [6, 6.07) is 20.4. The predicted octanol–water partition coefficient (Wildman–Crippen LogP) is 4.73. The van der Waals surface area contributed by atoms with E-state index >= 15 is 0 Å². The van der Waals surface area contributed by atoms with E-state index in [-0.39, 0.29) is 24.3 Å². The number of aryl methyl sites for hydroxylation is 3. The predicted molar refractivity (Wildman–Crippen MR) is 127 cm³/mol. The van der Waals surface area contributed by atoms with Gasteiger partial charge in [-0.3, -0.25) is 9.59 Å². The number of nitrogens with zero attached hydrogens (tertiary/aromatic N) is 2. The highest BCUT2D eigenvalue weighted by molar-refractivity contribution is 5.77. The number of carbonyl (C=O) groups excluding carboxylic acids is 1. The van der Waals surface area contributed by atoms with Crippen LogP contribution in [-0.2, 0) is 24.2 Å². The van der Waals surface area contributed by atoms with E-state index in [1.807, 2.05) is 54.6 Å². The van der Waals surface area contributed by atoms with Gasteiger partial charge in [0, 0.05) is 19.4 Å². The molecule has 0 saturated carbocycles. The molecular weight excluding hydrogens is 436 g/mol. The van der Waals surface area contributed by atoms with Crippen molar-refractivity contribution in [1.29, 1.82) is 0 Å². The lowest BCUT2D eigenvalue weighted by Crippen LogP contribution is -2.30. The van der Waals surface area contributed by atoms with E-state index in [0.29, 0.717) is 29.7 Å². The van der Waals surface area contributed by atoms with E-state index in [1.165, 1.54) is 6.07 Å². The van der Waals surface area contributed by atoms with Gasteiger partial charge in [-0.1, -0.05) is 48.5 Å². The Labute approximate surface area is 196 Å². The lowest BCUT2D eigenvalue weighted by atomic mass is 10.1. The van der Waals surface area contributed by atoms with E-state index in [0.717, 1.165) is 23.2 Å². The number of carbonyl (C=O) groups is 1. The van der Waals surface area contributed by atoms with E-state index in [9.17, 15) is 18.4 Å². The van der Waals surface area contributed by atoms with Gasteiger partial charge in [-0.25, -0.2) is 13.8 Å². The van der Waals surface area contributed by atoms with Crippen LogP contribution >= 0.6 is 0 Å². The minimum Gasteiger partial charge on any atom is -0.350 e. The summed E-state index contributed by atoms with van der Waals surface area (Å²) in [4.78, 5) is 30.2. The van der Waals surface area contributed by atoms with Crippen LogP contribution in [0.15, 0.2) is 77.6 Å². The molecule has 4 aromatic rings. The van der Waals surface area contributed by atoms with Gasteiger partial charge in [-0.2, -0.15) is 0 Å². The van der Waals surface area contributed by atoms with Gasteiger partial charge in [0.2, 0.25) is 5.91 Å².